The number of aromatic nitrogens is 6. The summed E-state index contributed by atoms with van der Waals surface area (Å²) in [6.07, 6.45) is 9.42. The number of aryl methyl sites for hydroxylation is 1. The summed E-state index contributed by atoms with van der Waals surface area (Å²) in [4.78, 5) is 135. The molecule has 3 aliphatic heterocycles. The van der Waals surface area contributed by atoms with Crippen molar-refractivity contribution < 1.29 is 125 Å². The summed E-state index contributed by atoms with van der Waals surface area (Å²) >= 11 is 5.76. The molecule has 145 heavy (non-hydrogen) atoms. The second-order valence-corrected chi connectivity index (χ2v) is 33.9. The number of benzene rings is 2. The van der Waals surface area contributed by atoms with Crippen LogP contribution in [0.2, 0.25) is 0 Å². The number of thioether (sulfide) groups is 1. The zero-order chi connectivity index (χ0) is 104. The van der Waals surface area contributed by atoms with E-state index in [-0.39, 0.29) is 58.8 Å². The molecule has 9 heterocycles. The average Bonchev–Trinajstić information content (AvgIpc) is 0.808. The lowest BCUT2D eigenvalue weighted by molar-refractivity contribution is -0.193. The normalized spacial score (nSPS) is 17.3. The number of thiocarbonyl (C=S) groups is 1. The van der Waals surface area contributed by atoms with Crippen molar-refractivity contribution >= 4 is 71.3 Å². The van der Waals surface area contributed by atoms with Gasteiger partial charge in [-0.1, -0.05) is 86.3 Å². The van der Waals surface area contributed by atoms with Crippen LogP contribution in [0.15, 0.2) is 174 Å². The van der Waals surface area contributed by atoms with Crippen molar-refractivity contribution in [3.05, 3.63) is 243 Å². The van der Waals surface area contributed by atoms with Gasteiger partial charge in [-0.25, -0.2) is 48.9 Å². The Morgan fingerprint density at radius 1 is 0.428 bits per heavy atom. The van der Waals surface area contributed by atoms with E-state index in [1.54, 1.807) is 54.6 Å². The summed E-state index contributed by atoms with van der Waals surface area (Å²) in [5.41, 5.74) is 8.15. The number of aromatic carboxylic acids is 4. The molecule has 8 aromatic rings. The molecule has 4 N–H and O–H groups in total. The van der Waals surface area contributed by atoms with Crippen molar-refractivity contribution in [2.45, 2.75) is 101 Å². The topological polar surface area (TPSA) is 487 Å². The molecule has 0 bridgehead atoms. The Balaban J connectivity index is 0.000000287. The fraction of sp³-hybridized carbons (Fsp3) is 0.505. The molecule has 0 amide bonds. The van der Waals surface area contributed by atoms with Gasteiger partial charge in [-0.3, -0.25) is 39.4 Å². The number of carbonyl (C=O) groups is 5. The van der Waals surface area contributed by atoms with Crippen molar-refractivity contribution in [1.82, 2.24) is 59.3 Å². The molecule has 3 atom stereocenters. The number of methoxy groups -OCH3 is 1. The number of hydrogen-bond acceptors (Lipinski definition) is 38. The predicted octanol–water partition coefficient (Wildman–Crippen LogP) is 10.1. The molecular weight excluding hydrogens is 1910 g/mol. The third kappa shape index (κ3) is 51.3. The number of isothiocyanates is 1. The highest BCUT2D eigenvalue weighted by Crippen LogP contribution is 2.30. The number of ether oxygens (including phenoxy) is 13. The number of hydrogen-bond donors (Lipinski definition) is 4. The average molecular weight is 2050 g/mol. The zero-order valence-electron chi connectivity index (χ0n) is 82.4. The number of carboxylic acids is 4. The van der Waals surface area contributed by atoms with Gasteiger partial charge in [0.1, 0.15) is 28.2 Å². The highest BCUT2D eigenvalue weighted by atomic mass is 32.2. The van der Waals surface area contributed by atoms with Crippen LogP contribution < -0.4 is 0 Å². The second kappa shape index (κ2) is 75.1. The summed E-state index contributed by atoms with van der Waals surface area (Å²) < 4.78 is 76.5. The molecule has 11 rings (SSSR count). The number of rotatable bonds is 29. The molecule has 3 aliphatic rings. The number of unbranched alkanes of at least 4 members (excludes halogenated alkanes) is 4. The number of pyridine rings is 6. The minimum atomic E-state index is -1.07. The second-order valence-electron chi connectivity index (χ2n) is 32.9. The number of nitriles is 1. The Kier molecular flexibility index (Phi) is 62.3. The van der Waals surface area contributed by atoms with Gasteiger partial charge in [0.2, 0.25) is 0 Å². The van der Waals surface area contributed by atoms with E-state index in [2.05, 4.69) is 89.2 Å². The highest BCUT2D eigenvalue weighted by Gasteiger charge is 2.27. The maximum absolute atomic E-state index is 11.9. The number of nitrogens with zero attached hydrogens (tertiary/aromatic N) is 14. The minimum Gasteiger partial charge on any atom is -0.478 e. The number of carboxylic acid groups (broad SMARTS) is 4. The first-order chi connectivity index (χ1) is 70.8. The van der Waals surface area contributed by atoms with Gasteiger partial charge in [0.25, 0.3) is 0 Å². The first-order valence-electron chi connectivity index (χ1n) is 48.1. The number of carbonyl (C=O) groups excluding carboxylic acids is 5. The molecule has 0 spiro atoms. The lowest BCUT2D eigenvalue weighted by Crippen LogP contribution is -2.36. The maximum atomic E-state index is 11.9. The Bertz CT molecular complexity index is 5120. The van der Waals surface area contributed by atoms with Crippen LogP contribution in [0.25, 0.3) is 0 Å². The molecule has 3 unspecified atom stereocenters. The number of aliphatic imine (C=N–C) groups is 1. The maximum Gasteiger partial charge on any atom is 0.373 e. The van der Waals surface area contributed by atoms with E-state index in [9.17, 15) is 44.4 Å². The standard InChI is InChI=1S/C34H41N5O8S.C34H44N4O8.C33H49N5O6S.2CO2/c35-25-48-30-9-7-26(8-10-30)21-29-24-46-17-13-38(22-27-3-1-5-31(36-27)33(40)41)11-15-44-19-20-45-16-12-39(14-18-47-29)23-28-4-2-6-32(37-28)34(42)43;1-26-5-3-7-30(35-26)32(27-9-11-28(12-10-27)33(39)40)38-15-19-45-23-21-43-17-13-37(14-18-44-22-24-46-20-16-38)25-29-6-4-8-31(36-29)34(41)42-2;39-33(40)31-11-8-9-29(36-31)27-37-15-19-41-23-25-43-21-17-38(18-22-44-26-24-42-20-16-37)32(30-10-5-7-14-35-30)12-4-2-1-3-6-13-34-28-45;2*2-1-3/h1-10,29H,11-24H2,(H,40,41)(H,42,43);3-12,32H,13-25H2,1-2H3,(H,39,40);5,7-11,14,32H,1-4,6,12-13,15-27H2,(H,39,40);;. The van der Waals surface area contributed by atoms with Crippen molar-refractivity contribution in [3.63, 3.8) is 0 Å². The smallest absolute Gasteiger partial charge is 0.373 e. The van der Waals surface area contributed by atoms with E-state index in [1.165, 1.54) is 38.2 Å². The van der Waals surface area contributed by atoms with Crippen LogP contribution in [-0.2, 0) is 113 Å². The molecule has 0 saturated carbocycles. The molecule has 40 nitrogen and oxygen atoms in total. The van der Waals surface area contributed by atoms with E-state index in [0.29, 0.717) is 267 Å². The fourth-order valence-electron chi connectivity index (χ4n) is 15.4. The Morgan fingerprint density at radius 2 is 0.807 bits per heavy atom. The Hall–Kier alpha value is -11.6. The summed E-state index contributed by atoms with van der Waals surface area (Å²) in [7, 11) is 1.34. The third-order valence-corrected chi connectivity index (χ3v) is 23.3. The first kappa shape index (κ1) is 120. The molecule has 2 aromatic carbocycles. The van der Waals surface area contributed by atoms with Crippen LogP contribution in [0.5, 0.6) is 0 Å². The monoisotopic (exact) mass is 2050 g/mol. The van der Waals surface area contributed by atoms with Gasteiger partial charge >= 0.3 is 42.1 Å². The van der Waals surface area contributed by atoms with Gasteiger partial charge in [-0.2, -0.15) is 24.4 Å². The molecule has 784 valence electrons. The Morgan fingerprint density at radius 3 is 1.20 bits per heavy atom. The number of esters is 1. The zero-order valence-corrected chi connectivity index (χ0v) is 84.0. The van der Waals surface area contributed by atoms with Crippen LogP contribution in [0, 0.1) is 17.6 Å². The lowest BCUT2D eigenvalue weighted by atomic mass is 9.99. The number of thiocyanates is 1. The van der Waals surface area contributed by atoms with Crippen LogP contribution in [0.1, 0.15) is 154 Å². The summed E-state index contributed by atoms with van der Waals surface area (Å²) in [6, 6.07) is 47.1. The highest BCUT2D eigenvalue weighted by molar-refractivity contribution is 8.03. The minimum absolute atomic E-state index is 0.00129. The largest absolute Gasteiger partial charge is 0.478 e. The van der Waals surface area contributed by atoms with Crippen molar-refractivity contribution in [1.29, 1.82) is 5.26 Å². The quantitative estimate of drug-likeness (QED) is 0.00845. The lowest BCUT2D eigenvalue weighted by Gasteiger charge is -2.32. The van der Waals surface area contributed by atoms with Gasteiger partial charge in [0.15, 0.2) is 0 Å². The van der Waals surface area contributed by atoms with Gasteiger partial charge in [-0.05, 0) is 152 Å². The molecule has 3 saturated heterocycles. The molecule has 0 radical (unpaired) electrons. The van der Waals surface area contributed by atoms with Crippen molar-refractivity contribution in [3.8, 4) is 5.40 Å². The van der Waals surface area contributed by atoms with E-state index in [1.807, 2.05) is 85.9 Å². The predicted molar refractivity (Wildman–Crippen MR) is 533 cm³/mol. The van der Waals surface area contributed by atoms with E-state index >= 15 is 0 Å². The fourth-order valence-corrected chi connectivity index (χ4v) is 15.8. The van der Waals surface area contributed by atoms with Crippen LogP contribution >= 0.6 is 24.0 Å². The van der Waals surface area contributed by atoms with E-state index in [0.717, 1.165) is 95.9 Å². The Labute approximate surface area is 855 Å². The van der Waals surface area contributed by atoms with E-state index < -0.39 is 29.8 Å². The van der Waals surface area contributed by atoms with Crippen LogP contribution in [0.4, 0.5) is 0 Å². The summed E-state index contributed by atoms with van der Waals surface area (Å²) in [5.74, 6) is -4.60. The SMILES string of the molecule is COC(=O)c1cccc(CN2CCOCCOCCN(C(c3ccc(C(=O)O)cc3)c3cccc(C)n3)CCOCCOCC2)n1.N#CSc1ccc(CC2COCCN(Cc3cccc(C(=O)O)n3)CCOCCOCCN(Cc3cccc(C(=O)O)n3)CCO2)cc1.O=C(O)c1cccc(CN2CCOCCOCCN(C(CCCCCCCN=C=S)c3ccccn3)CCOCCOCC2)n1.O=C=O.O=C=O. The third-order valence-electron chi connectivity index (χ3n) is 22.6. The van der Waals surface area contributed by atoms with E-state index in [4.69, 9.17) is 96.0 Å². The van der Waals surface area contributed by atoms with Crippen LogP contribution in [-0.4, -0.2) is 377 Å². The molecule has 42 heteroatoms. The molecular formula is C103H134N14O26S2. The van der Waals surface area contributed by atoms with Crippen LogP contribution in [0.3, 0.4) is 0 Å². The van der Waals surface area contributed by atoms with Crippen molar-refractivity contribution in [2.75, 3.05) is 244 Å². The molecule has 0 aliphatic carbocycles. The van der Waals surface area contributed by atoms with Gasteiger partial charge < -0.3 is 82.0 Å². The molecule has 6 aromatic heterocycles. The van der Waals surface area contributed by atoms with Crippen molar-refractivity contribution in [2.24, 2.45) is 4.99 Å². The van der Waals surface area contributed by atoms with Gasteiger partial charge in [-0.15, -0.1) is 0 Å². The van der Waals surface area contributed by atoms with Gasteiger partial charge in [0.05, 0.1) is 222 Å². The first-order valence-corrected chi connectivity index (χ1v) is 49.4. The molecule has 3 fully saturated rings. The summed E-state index contributed by atoms with van der Waals surface area (Å²) in [6.45, 7) is 23.2. The summed E-state index contributed by atoms with van der Waals surface area (Å²) in [5, 5.41) is 50.9. The van der Waals surface area contributed by atoms with Gasteiger partial charge in [0, 0.05) is 134 Å².